The van der Waals surface area contributed by atoms with Crippen LogP contribution in [0.3, 0.4) is 0 Å². The van der Waals surface area contributed by atoms with Gasteiger partial charge in [0.25, 0.3) is 5.91 Å². The molecule has 0 aliphatic rings. The lowest BCUT2D eigenvalue weighted by molar-refractivity contribution is 0.0956. The van der Waals surface area contributed by atoms with E-state index in [0.717, 1.165) is 18.7 Å². The summed E-state index contributed by atoms with van der Waals surface area (Å²) in [6.45, 7) is 7.80. The van der Waals surface area contributed by atoms with Gasteiger partial charge in [-0.25, -0.2) is 0 Å². The summed E-state index contributed by atoms with van der Waals surface area (Å²) in [7, 11) is 0. The lowest BCUT2D eigenvalue weighted by atomic mass is 10.1. The Morgan fingerprint density at radius 2 is 2.11 bits per heavy atom. The molecule has 0 bridgehead atoms. The fraction of sp³-hybridized carbons (Fsp3) is 0.533. The summed E-state index contributed by atoms with van der Waals surface area (Å²) >= 11 is 0. The molecule has 1 aromatic rings. The smallest absolute Gasteiger partial charge is 0.253 e. The van der Waals surface area contributed by atoms with Crippen molar-refractivity contribution in [3.63, 3.8) is 0 Å². The zero-order chi connectivity index (χ0) is 14.3. The molecule has 0 heterocycles. The van der Waals surface area contributed by atoms with Crippen LogP contribution in [0, 0.1) is 5.92 Å². The number of benzene rings is 1. The largest absolute Gasteiger partial charge is 0.399 e. The Balaban J connectivity index is 2.68. The van der Waals surface area contributed by atoms with Gasteiger partial charge < -0.3 is 16.4 Å². The molecule has 1 amide bonds. The van der Waals surface area contributed by atoms with Gasteiger partial charge >= 0.3 is 0 Å². The summed E-state index contributed by atoms with van der Waals surface area (Å²) in [5, 5.41) is 6.12. The predicted molar refractivity (Wildman–Crippen MR) is 81.4 cm³/mol. The predicted octanol–water partition coefficient (Wildman–Crippen LogP) is 2.87. The van der Waals surface area contributed by atoms with Crippen LogP contribution in [0.1, 0.15) is 44.0 Å². The number of hydrogen-bond acceptors (Lipinski definition) is 3. The van der Waals surface area contributed by atoms with E-state index in [4.69, 9.17) is 5.73 Å². The molecule has 4 heteroatoms. The maximum Gasteiger partial charge on any atom is 0.253 e. The number of nitrogen functional groups attached to an aromatic ring is 1. The van der Waals surface area contributed by atoms with Gasteiger partial charge in [0.2, 0.25) is 0 Å². The van der Waals surface area contributed by atoms with E-state index in [1.54, 1.807) is 12.1 Å². The van der Waals surface area contributed by atoms with Gasteiger partial charge in [0.05, 0.1) is 5.56 Å². The van der Waals surface area contributed by atoms with E-state index in [-0.39, 0.29) is 5.91 Å². The zero-order valence-electron chi connectivity index (χ0n) is 12.1. The number of rotatable bonds is 7. The number of nitrogens with one attached hydrogen (secondary N) is 2. The maximum atomic E-state index is 11.9. The first-order chi connectivity index (χ1) is 9.04. The van der Waals surface area contributed by atoms with Gasteiger partial charge in [-0.1, -0.05) is 13.8 Å². The van der Waals surface area contributed by atoms with Crippen molar-refractivity contribution in [2.75, 3.05) is 24.1 Å². The van der Waals surface area contributed by atoms with Crippen molar-refractivity contribution in [2.45, 2.75) is 33.6 Å². The van der Waals surface area contributed by atoms with E-state index in [1.165, 1.54) is 6.42 Å². The number of nitrogens with two attached hydrogens (primary N) is 1. The molecule has 0 saturated heterocycles. The van der Waals surface area contributed by atoms with E-state index in [2.05, 4.69) is 24.5 Å². The van der Waals surface area contributed by atoms with Crippen molar-refractivity contribution in [1.82, 2.24) is 5.32 Å². The number of hydrogen-bond donors (Lipinski definition) is 3. The molecule has 19 heavy (non-hydrogen) atoms. The first kappa shape index (κ1) is 15.3. The molecular formula is C15H25N3O. The third kappa shape index (κ3) is 5.20. The average Bonchev–Trinajstić information content (AvgIpc) is 2.34. The Morgan fingerprint density at radius 1 is 1.37 bits per heavy atom. The highest BCUT2D eigenvalue weighted by atomic mass is 16.1. The van der Waals surface area contributed by atoms with Crippen LogP contribution in [-0.2, 0) is 0 Å². The molecule has 0 atom stereocenters. The quantitative estimate of drug-likeness (QED) is 0.523. The van der Waals surface area contributed by atoms with Crippen molar-refractivity contribution in [2.24, 2.45) is 5.92 Å². The summed E-state index contributed by atoms with van der Waals surface area (Å²) < 4.78 is 0. The van der Waals surface area contributed by atoms with Crippen LogP contribution in [0.15, 0.2) is 18.2 Å². The molecule has 0 fully saturated rings. The maximum absolute atomic E-state index is 11.9. The van der Waals surface area contributed by atoms with Gasteiger partial charge in [0.1, 0.15) is 0 Å². The Hall–Kier alpha value is -1.71. The molecular weight excluding hydrogens is 238 g/mol. The molecule has 1 rings (SSSR count). The lowest BCUT2D eigenvalue weighted by Crippen LogP contribution is -2.24. The second kappa shape index (κ2) is 7.67. The minimum Gasteiger partial charge on any atom is -0.399 e. The van der Waals surface area contributed by atoms with Crippen molar-refractivity contribution < 1.29 is 4.79 Å². The van der Waals surface area contributed by atoms with Crippen LogP contribution in [0.25, 0.3) is 0 Å². The third-order valence-corrected chi connectivity index (χ3v) is 2.90. The van der Waals surface area contributed by atoms with Crippen LogP contribution < -0.4 is 16.4 Å². The van der Waals surface area contributed by atoms with Crippen LogP contribution in [-0.4, -0.2) is 19.0 Å². The molecule has 0 aliphatic carbocycles. The van der Waals surface area contributed by atoms with Gasteiger partial charge in [0, 0.05) is 24.5 Å². The highest BCUT2D eigenvalue weighted by Crippen LogP contribution is 2.19. The number of anilines is 2. The molecule has 0 aromatic heterocycles. The molecule has 0 saturated carbocycles. The Morgan fingerprint density at radius 3 is 2.74 bits per heavy atom. The van der Waals surface area contributed by atoms with Crippen LogP contribution in [0.5, 0.6) is 0 Å². The van der Waals surface area contributed by atoms with Crippen LogP contribution in [0.4, 0.5) is 11.4 Å². The fourth-order valence-corrected chi connectivity index (χ4v) is 1.90. The van der Waals surface area contributed by atoms with Crippen LogP contribution in [0.2, 0.25) is 0 Å². The molecule has 0 spiro atoms. The summed E-state index contributed by atoms with van der Waals surface area (Å²) in [6, 6.07) is 5.34. The molecule has 0 unspecified atom stereocenters. The third-order valence-electron chi connectivity index (χ3n) is 2.90. The first-order valence-electron chi connectivity index (χ1n) is 6.96. The highest BCUT2D eigenvalue weighted by molar-refractivity contribution is 6.00. The SMILES string of the molecule is CCNC(=O)c1ccc(N)cc1NCCCC(C)C. The standard InChI is InChI=1S/C15H25N3O/c1-4-17-15(19)13-8-7-12(16)10-14(13)18-9-5-6-11(2)3/h7-8,10-11,18H,4-6,9,16H2,1-3H3,(H,17,19). The zero-order valence-corrected chi connectivity index (χ0v) is 12.1. The second-order valence-corrected chi connectivity index (χ2v) is 5.13. The lowest BCUT2D eigenvalue weighted by Gasteiger charge is -2.13. The summed E-state index contributed by atoms with van der Waals surface area (Å²) in [6.07, 6.45) is 2.26. The topological polar surface area (TPSA) is 67.2 Å². The number of amides is 1. The van der Waals surface area contributed by atoms with E-state index in [0.29, 0.717) is 23.7 Å². The van der Waals surface area contributed by atoms with E-state index in [1.807, 2.05) is 13.0 Å². The first-order valence-corrected chi connectivity index (χ1v) is 6.96. The number of carbonyl (C=O) groups is 1. The minimum absolute atomic E-state index is 0.0612. The molecule has 106 valence electrons. The second-order valence-electron chi connectivity index (χ2n) is 5.13. The van der Waals surface area contributed by atoms with Crippen molar-refractivity contribution >= 4 is 17.3 Å². The van der Waals surface area contributed by atoms with E-state index in [9.17, 15) is 4.79 Å². The number of carbonyl (C=O) groups excluding carboxylic acids is 1. The Bertz CT molecular complexity index is 416. The molecule has 4 nitrogen and oxygen atoms in total. The summed E-state index contributed by atoms with van der Waals surface area (Å²) in [4.78, 5) is 11.9. The average molecular weight is 263 g/mol. The van der Waals surface area contributed by atoms with Crippen LogP contribution >= 0.6 is 0 Å². The van der Waals surface area contributed by atoms with E-state index < -0.39 is 0 Å². The minimum atomic E-state index is -0.0612. The van der Waals surface area contributed by atoms with Gasteiger partial charge in [-0.05, 0) is 43.9 Å². The van der Waals surface area contributed by atoms with Gasteiger partial charge in [-0.15, -0.1) is 0 Å². The molecule has 0 radical (unpaired) electrons. The molecule has 0 aliphatic heterocycles. The van der Waals surface area contributed by atoms with Crippen molar-refractivity contribution in [3.8, 4) is 0 Å². The molecule has 4 N–H and O–H groups in total. The summed E-state index contributed by atoms with van der Waals surface area (Å²) in [5.41, 5.74) is 7.92. The van der Waals surface area contributed by atoms with Gasteiger partial charge in [-0.2, -0.15) is 0 Å². The monoisotopic (exact) mass is 263 g/mol. The van der Waals surface area contributed by atoms with Gasteiger partial charge in [-0.3, -0.25) is 4.79 Å². The normalized spacial score (nSPS) is 10.5. The van der Waals surface area contributed by atoms with E-state index >= 15 is 0 Å². The van der Waals surface area contributed by atoms with Crippen molar-refractivity contribution in [3.05, 3.63) is 23.8 Å². The van der Waals surface area contributed by atoms with Gasteiger partial charge in [0.15, 0.2) is 0 Å². The molecule has 1 aromatic carbocycles. The highest BCUT2D eigenvalue weighted by Gasteiger charge is 2.10. The Kier molecular flexibility index (Phi) is 6.19. The summed E-state index contributed by atoms with van der Waals surface area (Å²) in [5.74, 6) is 0.638. The Labute approximate surface area is 115 Å². The fourth-order valence-electron chi connectivity index (χ4n) is 1.90. The van der Waals surface area contributed by atoms with Crippen molar-refractivity contribution in [1.29, 1.82) is 0 Å².